The number of rotatable bonds is 5. The Hall–Kier alpha value is -2.35. The second-order valence-corrected chi connectivity index (χ2v) is 5.02. The van der Waals surface area contributed by atoms with Crippen LogP contribution in [0.5, 0.6) is 5.75 Å². The van der Waals surface area contributed by atoms with Crippen molar-refractivity contribution >= 4 is 11.9 Å². The summed E-state index contributed by atoms with van der Waals surface area (Å²) in [7, 11) is 0. The number of carbonyl (C=O) groups is 1. The first-order chi connectivity index (χ1) is 10.1. The molecule has 0 amide bonds. The van der Waals surface area contributed by atoms with Gasteiger partial charge < -0.3 is 4.74 Å². The van der Waals surface area contributed by atoms with Gasteiger partial charge in [0.25, 0.3) is 0 Å². The summed E-state index contributed by atoms with van der Waals surface area (Å²) in [6.07, 6.45) is 3.45. The molecular formula is C19H20O2. The zero-order valence-electron chi connectivity index (χ0n) is 12.7. The lowest BCUT2D eigenvalue weighted by Crippen LogP contribution is -1.98. The zero-order valence-corrected chi connectivity index (χ0v) is 12.7. The molecule has 0 unspecified atom stereocenters. The van der Waals surface area contributed by atoms with E-state index in [0.717, 1.165) is 22.4 Å². The average molecular weight is 280 g/mol. The second kappa shape index (κ2) is 6.89. The van der Waals surface area contributed by atoms with Gasteiger partial charge in [-0.15, -0.1) is 0 Å². The third-order valence-electron chi connectivity index (χ3n) is 3.27. The van der Waals surface area contributed by atoms with Crippen LogP contribution < -0.4 is 4.74 Å². The Kier molecular flexibility index (Phi) is 4.94. The predicted octanol–water partition coefficient (Wildman–Crippen LogP) is 4.60. The summed E-state index contributed by atoms with van der Waals surface area (Å²) in [5.41, 5.74) is 3.91. The van der Waals surface area contributed by atoms with Gasteiger partial charge in [0, 0.05) is 5.56 Å². The topological polar surface area (TPSA) is 26.3 Å². The fraction of sp³-hybridized carbons (Fsp3) is 0.211. The Labute approximate surface area is 126 Å². The first kappa shape index (κ1) is 15.0. The van der Waals surface area contributed by atoms with Crippen LogP contribution in [0, 0.1) is 13.8 Å². The number of benzene rings is 2. The molecule has 2 aromatic carbocycles. The standard InChI is InChI=1S/C19H20O2/c1-4-21-17-9-6-16(7-10-17)8-12-19(20)18-11-5-14(2)13-15(18)3/h5-13H,4H2,1-3H3. The molecule has 0 fully saturated rings. The summed E-state index contributed by atoms with van der Waals surface area (Å²) in [5, 5.41) is 0. The molecule has 0 N–H and O–H groups in total. The van der Waals surface area contributed by atoms with Gasteiger partial charge in [-0.2, -0.15) is 0 Å². The number of hydrogen-bond acceptors (Lipinski definition) is 2. The molecule has 0 bridgehead atoms. The van der Waals surface area contributed by atoms with Gasteiger partial charge in [0.15, 0.2) is 5.78 Å². The van der Waals surface area contributed by atoms with Gasteiger partial charge in [0.1, 0.15) is 5.75 Å². The van der Waals surface area contributed by atoms with Crippen molar-refractivity contribution in [1.82, 2.24) is 0 Å². The molecule has 2 nitrogen and oxygen atoms in total. The molecule has 0 spiro atoms. The summed E-state index contributed by atoms with van der Waals surface area (Å²) >= 11 is 0. The van der Waals surface area contributed by atoms with E-state index < -0.39 is 0 Å². The van der Waals surface area contributed by atoms with Crippen molar-refractivity contribution in [1.29, 1.82) is 0 Å². The van der Waals surface area contributed by atoms with Crippen LogP contribution in [0.2, 0.25) is 0 Å². The second-order valence-electron chi connectivity index (χ2n) is 5.02. The lowest BCUT2D eigenvalue weighted by atomic mass is 10.0. The largest absolute Gasteiger partial charge is 0.494 e. The van der Waals surface area contributed by atoms with Crippen LogP contribution in [0.25, 0.3) is 6.08 Å². The van der Waals surface area contributed by atoms with Gasteiger partial charge in [-0.05, 0) is 50.1 Å². The van der Waals surface area contributed by atoms with Crippen molar-refractivity contribution in [3.8, 4) is 5.75 Å². The van der Waals surface area contributed by atoms with Crippen molar-refractivity contribution < 1.29 is 9.53 Å². The molecule has 21 heavy (non-hydrogen) atoms. The van der Waals surface area contributed by atoms with E-state index >= 15 is 0 Å². The molecule has 2 aromatic rings. The smallest absolute Gasteiger partial charge is 0.186 e. The Morgan fingerprint density at radius 2 is 1.81 bits per heavy atom. The van der Waals surface area contributed by atoms with Gasteiger partial charge >= 0.3 is 0 Å². The van der Waals surface area contributed by atoms with E-state index in [1.165, 1.54) is 5.56 Å². The average Bonchev–Trinajstić information content (AvgIpc) is 2.46. The van der Waals surface area contributed by atoms with E-state index in [0.29, 0.717) is 6.61 Å². The van der Waals surface area contributed by atoms with Crippen LogP contribution in [0.4, 0.5) is 0 Å². The normalized spacial score (nSPS) is 10.8. The van der Waals surface area contributed by atoms with E-state index in [2.05, 4.69) is 0 Å². The molecule has 0 aliphatic rings. The van der Waals surface area contributed by atoms with Crippen LogP contribution in [0.15, 0.2) is 48.5 Å². The Morgan fingerprint density at radius 3 is 2.43 bits per heavy atom. The van der Waals surface area contributed by atoms with Gasteiger partial charge in [-0.25, -0.2) is 0 Å². The van der Waals surface area contributed by atoms with E-state index in [9.17, 15) is 4.79 Å². The number of aryl methyl sites for hydroxylation is 2. The number of carbonyl (C=O) groups excluding carboxylic acids is 1. The lowest BCUT2D eigenvalue weighted by Gasteiger charge is -2.03. The van der Waals surface area contributed by atoms with E-state index in [-0.39, 0.29) is 5.78 Å². The molecule has 0 heterocycles. The van der Waals surface area contributed by atoms with Crippen LogP contribution >= 0.6 is 0 Å². The maximum Gasteiger partial charge on any atom is 0.186 e. The SMILES string of the molecule is CCOc1ccc(C=CC(=O)c2ccc(C)cc2C)cc1. The van der Waals surface area contributed by atoms with Crippen molar-refractivity contribution in [3.63, 3.8) is 0 Å². The number of allylic oxidation sites excluding steroid dienone is 1. The minimum absolute atomic E-state index is 0.0291. The van der Waals surface area contributed by atoms with Crippen LogP contribution in [-0.4, -0.2) is 12.4 Å². The van der Waals surface area contributed by atoms with Gasteiger partial charge in [0.05, 0.1) is 6.61 Å². The predicted molar refractivity (Wildman–Crippen MR) is 86.9 cm³/mol. The fourth-order valence-corrected chi connectivity index (χ4v) is 2.19. The highest BCUT2D eigenvalue weighted by molar-refractivity contribution is 6.07. The van der Waals surface area contributed by atoms with Crippen molar-refractivity contribution in [3.05, 3.63) is 70.8 Å². The molecule has 0 atom stereocenters. The molecule has 2 rings (SSSR count). The fourth-order valence-electron chi connectivity index (χ4n) is 2.19. The van der Waals surface area contributed by atoms with Crippen molar-refractivity contribution in [2.24, 2.45) is 0 Å². The van der Waals surface area contributed by atoms with E-state index in [1.807, 2.05) is 69.3 Å². The van der Waals surface area contributed by atoms with Gasteiger partial charge in [0.2, 0.25) is 0 Å². The first-order valence-electron chi connectivity index (χ1n) is 7.12. The van der Waals surface area contributed by atoms with Gasteiger partial charge in [-0.3, -0.25) is 4.79 Å². The molecule has 0 saturated heterocycles. The van der Waals surface area contributed by atoms with Crippen molar-refractivity contribution in [2.45, 2.75) is 20.8 Å². The van der Waals surface area contributed by atoms with E-state index in [1.54, 1.807) is 6.08 Å². The molecule has 0 aliphatic carbocycles. The van der Waals surface area contributed by atoms with Crippen molar-refractivity contribution in [2.75, 3.05) is 6.61 Å². The molecular weight excluding hydrogens is 260 g/mol. The Morgan fingerprint density at radius 1 is 1.10 bits per heavy atom. The first-order valence-corrected chi connectivity index (χ1v) is 7.12. The summed E-state index contributed by atoms with van der Waals surface area (Å²) in [4.78, 5) is 12.2. The maximum absolute atomic E-state index is 12.2. The summed E-state index contributed by atoms with van der Waals surface area (Å²) in [6, 6.07) is 13.6. The van der Waals surface area contributed by atoms with Crippen LogP contribution in [0.3, 0.4) is 0 Å². The highest BCUT2D eigenvalue weighted by Gasteiger charge is 2.05. The molecule has 0 aliphatic heterocycles. The minimum Gasteiger partial charge on any atom is -0.494 e. The lowest BCUT2D eigenvalue weighted by molar-refractivity contribution is 0.104. The monoisotopic (exact) mass is 280 g/mol. The zero-order chi connectivity index (χ0) is 15.2. The summed E-state index contributed by atoms with van der Waals surface area (Å²) < 4.78 is 5.39. The van der Waals surface area contributed by atoms with Crippen LogP contribution in [0.1, 0.15) is 34.0 Å². The molecule has 108 valence electrons. The number of ether oxygens (including phenoxy) is 1. The number of hydrogen-bond donors (Lipinski definition) is 0. The molecule has 0 aromatic heterocycles. The Bertz CT molecular complexity index is 652. The summed E-state index contributed by atoms with van der Waals surface area (Å²) in [6.45, 7) is 6.60. The maximum atomic E-state index is 12.2. The number of ketones is 1. The van der Waals surface area contributed by atoms with Gasteiger partial charge in [-0.1, -0.05) is 42.0 Å². The Balaban J connectivity index is 2.11. The molecule has 0 radical (unpaired) electrons. The quantitative estimate of drug-likeness (QED) is 0.591. The van der Waals surface area contributed by atoms with Crippen LogP contribution in [-0.2, 0) is 0 Å². The molecule has 2 heteroatoms. The highest BCUT2D eigenvalue weighted by Crippen LogP contribution is 2.15. The van der Waals surface area contributed by atoms with E-state index in [4.69, 9.17) is 4.74 Å². The minimum atomic E-state index is 0.0291. The molecule has 0 saturated carbocycles. The third kappa shape index (κ3) is 4.06. The summed E-state index contributed by atoms with van der Waals surface area (Å²) in [5.74, 6) is 0.872. The third-order valence-corrected chi connectivity index (χ3v) is 3.27. The highest BCUT2D eigenvalue weighted by atomic mass is 16.5.